The Hall–Kier alpha value is -2.89. The van der Waals surface area contributed by atoms with E-state index in [1.807, 2.05) is 18.2 Å². The van der Waals surface area contributed by atoms with Crippen molar-refractivity contribution in [2.75, 3.05) is 18.5 Å². The molecule has 136 valence electrons. The summed E-state index contributed by atoms with van der Waals surface area (Å²) in [4.78, 5) is 23.5. The number of hydrogen-bond donors (Lipinski definition) is 1. The molecule has 0 fully saturated rings. The molecule has 5 nitrogen and oxygen atoms in total. The topological polar surface area (TPSA) is 64.6 Å². The molecular formula is C20H20FNO4. The fourth-order valence-corrected chi connectivity index (χ4v) is 2.84. The van der Waals surface area contributed by atoms with Crippen molar-refractivity contribution >= 4 is 17.6 Å². The number of ether oxygens (including phenoxy) is 2. The van der Waals surface area contributed by atoms with Crippen LogP contribution in [0.25, 0.3) is 0 Å². The molecular weight excluding hydrogens is 337 g/mol. The monoisotopic (exact) mass is 357 g/mol. The van der Waals surface area contributed by atoms with E-state index in [1.165, 1.54) is 17.2 Å². The van der Waals surface area contributed by atoms with Crippen molar-refractivity contribution in [3.63, 3.8) is 0 Å². The Morgan fingerprint density at radius 2 is 1.88 bits per heavy atom. The van der Waals surface area contributed by atoms with Gasteiger partial charge in [0.15, 0.2) is 13.2 Å². The average Bonchev–Trinajstić information content (AvgIpc) is 3.09. The molecule has 0 aromatic heterocycles. The number of esters is 1. The van der Waals surface area contributed by atoms with Crippen molar-refractivity contribution in [3.05, 3.63) is 58.9 Å². The smallest absolute Gasteiger partial charge is 0.344 e. The Balaban J connectivity index is 1.42. The normalized spacial score (nSPS) is 12.4. The van der Waals surface area contributed by atoms with Gasteiger partial charge < -0.3 is 14.8 Å². The molecule has 0 atom stereocenters. The summed E-state index contributed by atoms with van der Waals surface area (Å²) in [7, 11) is 0. The van der Waals surface area contributed by atoms with E-state index in [4.69, 9.17) is 9.47 Å². The summed E-state index contributed by atoms with van der Waals surface area (Å²) in [5.41, 5.74) is 3.37. The predicted octanol–water partition coefficient (Wildman–Crippen LogP) is 3.18. The zero-order chi connectivity index (χ0) is 18.5. The van der Waals surface area contributed by atoms with Crippen molar-refractivity contribution in [2.24, 2.45) is 0 Å². The average molecular weight is 357 g/mol. The second-order valence-corrected chi connectivity index (χ2v) is 6.25. The minimum Gasteiger partial charge on any atom is -0.482 e. The van der Waals surface area contributed by atoms with E-state index in [1.54, 1.807) is 19.1 Å². The molecule has 2 aromatic carbocycles. The van der Waals surface area contributed by atoms with Crippen LogP contribution in [0.2, 0.25) is 0 Å². The van der Waals surface area contributed by atoms with Crippen LogP contribution in [0.15, 0.2) is 36.4 Å². The van der Waals surface area contributed by atoms with Gasteiger partial charge in [0.2, 0.25) is 0 Å². The summed E-state index contributed by atoms with van der Waals surface area (Å²) < 4.78 is 23.7. The number of nitrogens with one attached hydrogen (secondary N) is 1. The van der Waals surface area contributed by atoms with Crippen molar-refractivity contribution < 1.29 is 23.5 Å². The summed E-state index contributed by atoms with van der Waals surface area (Å²) in [5, 5.41) is 2.47. The maximum atomic E-state index is 13.4. The summed E-state index contributed by atoms with van der Waals surface area (Å²) in [6.45, 7) is 0.900. The van der Waals surface area contributed by atoms with E-state index in [-0.39, 0.29) is 6.61 Å². The van der Waals surface area contributed by atoms with E-state index >= 15 is 0 Å². The molecule has 0 aliphatic heterocycles. The van der Waals surface area contributed by atoms with E-state index in [0.29, 0.717) is 17.0 Å². The maximum absolute atomic E-state index is 13.4. The standard InChI is InChI=1S/C20H20FNO4/c1-13-5-7-16(10-18(13)21)22-19(23)11-26-20(24)12-25-17-8-6-14-3-2-4-15(14)9-17/h5-10H,2-4,11-12H2,1H3,(H,22,23). The van der Waals surface area contributed by atoms with Crippen molar-refractivity contribution in [2.45, 2.75) is 26.2 Å². The molecule has 0 saturated carbocycles. The van der Waals surface area contributed by atoms with Gasteiger partial charge in [-0.15, -0.1) is 0 Å². The minimum atomic E-state index is -0.643. The number of fused-ring (bicyclic) bond motifs is 1. The zero-order valence-corrected chi connectivity index (χ0v) is 14.5. The highest BCUT2D eigenvalue weighted by Gasteiger charge is 2.13. The van der Waals surface area contributed by atoms with E-state index < -0.39 is 24.3 Å². The number of aryl methyl sites for hydroxylation is 3. The number of anilines is 1. The number of carbonyl (C=O) groups excluding carboxylic acids is 2. The van der Waals surface area contributed by atoms with Crippen LogP contribution in [-0.4, -0.2) is 25.1 Å². The lowest BCUT2D eigenvalue weighted by atomic mass is 10.1. The van der Waals surface area contributed by atoms with Gasteiger partial charge in [0.1, 0.15) is 11.6 Å². The van der Waals surface area contributed by atoms with Crippen molar-refractivity contribution in [1.29, 1.82) is 0 Å². The van der Waals surface area contributed by atoms with Gasteiger partial charge in [-0.1, -0.05) is 12.1 Å². The Morgan fingerprint density at radius 1 is 1.08 bits per heavy atom. The number of carbonyl (C=O) groups is 2. The van der Waals surface area contributed by atoms with Crippen molar-refractivity contribution in [3.8, 4) is 5.75 Å². The van der Waals surface area contributed by atoms with Crippen LogP contribution in [0.1, 0.15) is 23.1 Å². The van der Waals surface area contributed by atoms with E-state index in [2.05, 4.69) is 5.32 Å². The second-order valence-electron chi connectivity index (χ2n) is 6.25. The number of benzene rings is 2. The van der Waals surface area contributed by atoms with Gasteiger partial charge in [-0.2, -0.15) is 0 Å². The van der Waals surface area contributed by atoms with Crippen LogP contribution >= 0.6 is 0 Å². The molecule has 2 aromatic rings. The highest BCUT2D eigenvalue weighted by molar-refractivity contribution is 5.92. The third-order valence-electron chi connectivity index (χ3n) is 4.25. The quantitative estimate of drug-likeness (QED) is 0.807. The van der Waals surface area contributed by atoms with Gasteiger partial charge in [0, 0.05) is 5.69 Å². The van der Waals surface area contributed by atoms with Crippen molar-refractivity contribution in [1.82, 2.24) is 0 Å². The molecule has 1 aliphatic rings. The predicted molar refractivity (Wildman–Crippen MR) is 94.7 cm³/mol. The lowest BCUT2D eigenvalue weighted by Gasteiger charge is -2.09. The summed E-state index contributed by atoms with van der Waals surface area (Å²) >= 11 is 0. The molecule has 0 spiro atoms. The molecule has 0 saturated heterocycles. The first-order chi connectivity index (χ1) is 12.5. The molecule has 0 bridgehead atoms. The minimum absolute atomic E-state index is 0.273. The van der Waals surface area contributed by atoms with Gasteiger partial charge in [0.05, 0.1) is 0 Å². The fraction of sp³-hybridized carbons (Fsp3) is 0.300. The van der Waals surface area contributed by atoms with Gasteiger partial charge in [-0.05, 0) is 67.1 Å². The van der Waals surface area contributed by atoms with Gasteiger partial charge in [-0.25, -0.2) is 9.18 Å². The van der Waals surface area contributed by atoms with Crippen LogP contribution in [-0.2, 0) is 27.2 Å². The Morgan fingerprint density at radius 3 is 2.69 bits per heavy atom. The molecule has 1 N–H and O–H groups in total. The van der Waals surface area contributed by atoms with Crippen LogP contribution in [0.3, 0.4) is 0 Å². The molecule has 3 rings (SSSR count). The maximum Gasteiger partial charge on any atom is 0.344 e. The van der Waals surface area contributed by atoms with Crippen LogP contribution < -0.4 is 10.1 Å². The van der Waals surface area contributed by atoms with E-state index in [0.717, 1.165) is 19.3 Å². The first-order valence-electron chi connectivity index (χ1n) is 8.47. The molecule has 0 heterocycles. The summed E-state index contributed by atoms with van der Waals surface area (Å²) in [6, 6.07) is 10.1. The Kier molecular flexibility index (Phi) is 5.51. The zero-order valence-electron chi connectivity index (χ0n) is 14.5. The molecule has 1 amide bonds. The number of amides is 1. The SMILES string of the molecule is Cc1ccc(NC(=O)COC(=O)COc2ccc3c(c2)CCC3)cc1F. The molecule has 6 heteroatoms. The molecule has 0 unspecified atom stereocenters. The number of rotatable bonds is 6. The van der Waals surface area contributed by atoms with E-state index in [9.17, 15) is 14.0 Å². The number of halogens is 1. The highest BCUT2D eigenvalue weighted by atomic mass is 19.1. The first kappa shape index (κ1) is 17.9. The van der Waals surface area contributed by atoms with Crippen LogP contribution in [0, 0.1) is 12.7 Å². The first-order valence-corrected chi connectivity index (χ1v) is 8.47. The Labute approximate surface area is 151 Å². The summed E-state index contributed by atoms with van der Waals surface area (Å²) in [6.07, 6.45) is 3.25. The lowest BCUT2D eigenvalue weighted by Crippen LogP contribution is -2.23. The van der Waals surface area contributed by atoms with Gasteiger partial charge in [0.25, 0.3) is 5.91 Å². The molecule has 26 heavy (non-hydrogen) atoms. The van der Waals surface area contributed by atoms with Crippen LogP contribution in [0.4, 0.5) is 10.1 Å². The van der Waals surface area contributed by atoms with Crippen LogP contribution in [0.5, 0.6) is 5.75 Å². The second kappa shape index (κ2) is 7.99. The summed E-state index contributed by atoms with van der Waals surface area (Å²) in [5.74, 6) is -0.986. The lowest BCUT2D eigenvalue weighted by molar-refractivity contribution is -0.149. The third-order valence-corrected chi connectivity index (χ3v) is 4.25. The molecule has 1 aliphatic carbocycles. The molecule has 0 radical (unpaired) electrons. The Bertz CT molecular complexity index is 835. The van der Waals surface area contributed by atoms with Gasteiger partial charge in [-0.3, -0.25) is 4.79 Å². The number of hydrogen-bond acceptors (Lipinski definition) is 4. The largest absolute Gasteiger partial charge is 0.482 e. The highest BCUT2D eigenvalue weighted by Crippen LogP contribution is 2.25. The fourth-order valence-electron chi connectivity index (χ4n) is 2.84. The third kappa shape index (κ3) is 4.59. The van der Waals surface area contributed by atoms with Gasteiger partial charge >= 0.3 is 5.97 Å².